The molecule has 9 heteroatoms. The van der Waals surface area contributed by atoms with E-state index in [0.717, 1.165) is 24.1 Å². The van der Waals surface area contributed by atoms with Crippen molar-refractivity contribution < 1.29 is 28.7 Å². The standard InChI is InChI=1S/C32H41N3O6/c1-21(33-30(38)24-14-15-35(3)19-24)28(36)18-25(16-23-10-12-26(40-4)13-11-23)31(39)34-27(29(37)32(2)20-41-32)17-22-8-6-5-7-9-22/h5-13,21,24-25,27H,14-20H2,1-4H3,(H,33,38)(H,34,39). The molecule has 41 heavy (non-hydrogen) atoms. The monoisotopic (exact) mass is 563 g/mol. The highest BCUT2D eigenvalue weighted by atomic mass is 16.6. The summed E-state index contributed by atoms with van der Waals surface area (Å²) >= 11 is 0. The summed E-state index contributed by atoms with van der Waals surface area (Å²) in [7, 11) is 3.55. The van der Waals surface area contributed by atoms with Gasteiger partial charge >= 0.3 is 0 Å². The minimum absolute atomic E-state index is 0.0795. The van der Waals surface area contributed by atoms with Gasteiger partial charge in [0.25, 0.3) is 0 Å². The van der Waals surface area contributed by atoms with E-state index in [0.29, 0.717) is 25.3 Å². The zero-order valence-electron chi connectivity index (χ0n) is 24.4. The Morgan fingerprint density at radius 1 is 1.02 bits per heavy atom. The number of carbonyl (C=O) groups excluding carboxylic acids is 4. The molecule has 0 spiro atoms. The van der Waals surface area contributed by atoms with Crippen LogP contribution < -0.4 is 15.4 Å². The second-order valence-corrected chi connectivity index (χ2v) is 11.5. The van der Waals surface area contributed by atoms with Gasteiger partial charge in [-0.05, 0) is 70.0 Å². The van der Waals surface area contributed by atoms with Gasteiger partial charge in [-0.1, -0.05) is 42.5 Å². The van der Waals surface area contributed by atoms with Crippen molar-refractivity contribution in [1.82, 2.24) is 15.5 Å². The number of nitrogens with one attached hydrogen (secondary N) is 2. The third-order valence-corrected chi connectivity index (χ3v) is 8.08. The van der Waals surface area contributed by atoms with Gasteiger partial charge in [0.1, 0.15) is 11.4 Å². The Morgan fingerprint density at radius 2 is 1.68 bits per heavy atom. The normalized spacial score (nSPS) is 22.3. The second kappa shape index (κ2) is 13.4. The molecule has 2 N–H and O–H groups in total. The molecule has 2 aromatic carbocycles. The van der Waals surface area contributed by atoms with E-state index >= 15 is 0 Å². The van der Waals surface area contributed by atoms with Crippen LogP contribution in [0.2, 0.25) is 0 Å². The largest absolute Gasteiger partial charge is 0.497 e. The SMILES string of the molecule is COc1ccc(CC(CC(=O)C(C)NC(=O)C2CCN(C)C2)C(=O)NC(Cc2ccccc2)C(=O)C2(C)CO2)cc1. The maximum absolute atomic E-state index is 13.8. The van der Waals surface area contributed by atoms with E-state index in [1.807, 2.05) is 49.5 Å². The number of epoxide rings is 1. The lowest BCUT2D eigenvalue weighted by atomic mass is 9.89. The molecule has 0 bridgehead atoms. The third kappa shape index (κ3) is 8.24. The molecule has 0 radical (unpaired) electrons. The van der Waals surface area contributed by atoms with Crippen LogP contribution in [0, 0.1) is 11.8 Å². The molecule has 2 aliphatic heterocycles. The predicted molar refractivity (Wildman–Crippen MR) is 154 cm³/mol. The van der Waals surface area contributed by atoms with Crippen LogP contribution in [0.5, 0.6) is 5.75 Å². The average molecular weight is 564 g/mol. The fourth-order valence-electron chi connectivity index (χ4n) is 5.25. The highest BCUT2D eigenvalue weighted by molar-refractivity contribution is 5.98. The van der Waals surface area contributed by atoms with Gasteiger partial charge in [-0.25, -0.2) is 0 Å². The number of Topliss-reactive ketones (excluding diaryl/α,β-unsaturated/α-hetero) is 2. The van der Waals surface area contributed by atoms with Gasteiger partial charge in [-0.2, -0.15) is 0 Å². The van der Waals surface area contributed by atoms with Crippen molar-refractivity contribution >= 4 is 23.4 Å². The first-order chi connectivity index (χ1) is 19.6. The predicted octanol–water partition coefficient (Wildman–Crippen LogP) is 2.36. The molecule has 2 aliphatic rings. The second-order valence-electron chi connectivity index (χ2n) is 11.5. The summed E-state index contributed by atoms with van der Waals surface area (Å²) in [6.45, 7) is 5.21. The molecule has 5 unspecified atom stereocenters. The first-order valence-electron chi connectivity index (χ1n) is 14.2. The molecule has 220 valence electrons. The Kier molecular flexibility index (Phi) is 9.94. The Hall–Kier alpha value is -3.56. The van der Waals surface area contributed by atoms with Gasteiger partial charge in [0.05, 0.1) is 31.7 Å². The summed E-state index contributed by atoms with van der Waals surface area (Å²) in [6, 6.07) is 15.3. The highest BCUT2D eigenvalue weighted by Crippen LogP contribution is 2.29. The number of carbonyl (C=O) groups is 4. The van der Waals surface area contributed by atoms with Crippen molar-refractivity contribution in [1.29, 1.82) is 0 Å². The van der Waals surface area contributed by atoms with Crippen LogP contribution >= 0.6 is 0 Å². The zero-order chi connectivity index (χ0) is 29.6. The van der Waals surface area contributed by atoms with Crippen LogP contribution in [0.3, 0.4) is 0 Å². The lowest BCUT2D eigenvalue weighted by Gasteiger charge is -2.24. The number of rotatable bonds is 14. The van der Waals surface area contributed by atoms with Crippen LogP contribution in [0.25, 0.3) is 0 Å². The highest BCUT2D eigenvalue weighted by Gasteiger charge is 2.50. The minimum atomic E-state index is -0.916. The quantitative estimate of drug-likeness (QED) is 0.339. The van der Waals surface area contributed by atoms with E-state index in [4.69, 9.17) is 9.47 Å². The number of hydrogen-bond acceptors (Lipinski definition) is 7. The van der Waals surface area contributed by atoms with Crippen molar-refractivity contribution in [2.45, 2.75) is 57.2 Å². The minimum Gasteiger partial charge on any atom is -0.497 e. The van der Waals surface area contributed by atoms with Crippen LogP contribution in [-0.2, 0) is 36.8 Å². The number of amides is 2. The number of methoxy groups -OCH3 is 1. The zero-order valence-corrected chi connectivity index (χ0v) is 24.4. The molecule has 9 nitrogen and oxygen atoms in total. The molecule has 0 saturated carbocycles. The molecule has 2 fully saturated rings. The molecule has 5 atom stereocenters. The molecular formula is C32H41N3O6. The Balaban J connectivity index is 1.49. The van der Waals surface area contributed by atoms with Crippen molar-refractivity contribution in [3.05, 3.63) is 65.7 Å². The topological polar surface area (TPSA) is 117 Å². The fraction of sp³-hybridized carbons (Fsp3) is 0.500. The molecule has 2 saturated heterocycles. The van der Waals surface area contributed by atoms with Crippen molar-refractivity contribution in [3.8, 4) is 5.75 Å². The van der Waals surface area contributed by atoms with Crippen molar-refractivity contribution in [2.75, 3.05) is 33.9 Å². The average Bonchev–Trinajstić information content (AvgIpc) is 3.57. The summed E-state index contributed by atoms with van der Waals surface area (Å²) in [5.74, 6) is -1.16. The lowest BCUT2D eigenvalue weighted by Crippen LogP contribution is -2.50. The number of benzene rings is 2. The van der Waals surface area contributed by atoms with Gasteiger partial charge in [0.15, 0.2) is 11.6 Å². The number of likely N-dealkylation sites (tertiary alicyclic amines) is 1. The van der Waals surface area contributed by atoms with E-state index < -0.39 is 23.6 Å². The van der Waals surface area contributed by atoms with Crippen molar-refractivity contribution in [2.24, 2.45) is 11.8 Å². The molecule has 2 amide bonds. The summed E-state index contributed by atoms with van der Waals surface area (Å²) in [4.78, 5) is 55.3. The van der Waals surface area contributed by atoms with E-state index in [-0.39, 0.29) is 42.1 Å². The maximum Gasteiger partial charge on any atom is 0.225 e. The lowest BCUT2D eigenvalue weighted by molar-refractivity contribution is -0.134. The Morgan fingerprint density at radius 3 is 2.27 bits per heavy atom. The third-order valence-electron chi connectivity index (χ3n) is 8.08. The van der Waals surface area contributed by atoms with Gasteiger partial charge in [0.2, 0.25) is 11.8 Å². The van der Waals surface area contributed by atoms with E-state index in [1.54, 1.807) is 33.1 Å². The first-order valence-corrected chi connectivity index (χ1v) is 14.2. The summed E-state index contributed by atoms with van der Waals surface area (Å²) < 4.78 is 10.7. The number of ketones is 2. The van der Waals surface area contributed by atoms with Crippen molar-refractivity contribution in [3.63, 3.8) is 0 Å². The summed E-state index contributed by atoms with van der Waals surface area (Å²) in [6.07, 6.45) is 1.28. The van der Waals surface area contributed by atoms with Gasteiger partial charge in [-0.15, -0.1) is 0 Å². The summed E-state index contributed by atoms with van der Waals surface area (Å²) in [5, 5.41) is 5.80. The van der Waals surface area contributed by atoms with Crippen LogP contribution in [0.1, 0.15) is 37.8 Å². The number of hydrogen-bond donors (Lipinski definition) is 2. The molecular weight excluding hydrogens is 522 g/mol. The maximum atomic E-state index is 13.8. The molecule has 0 aliphatic carbocycles. The van der Waals surface area contributed by atoms with Crippen LogP contribution in [0.15, 0.2) is 54.6 Å². The first kappa shape index (κ1) is 30.4. The molecule has 2 heterocycles. The van der Waals surface area contributed by atoms with Crippen LogP contribution in [-0.4, -0.2) is 79.8 Å². The van der Waals surface area contributed by atoms with E-state index in [2.05, 4.69) is 15.5 Å². The molecule has 0 aromatic heterocycles. The smallest absolute Gasteiger partial charge is 0.225 e. The van der Waals surface area contributed by atoms with Crippen LogP contribution in [0.4, 0.5) is 0 Å². The van der Waals surface area contributed by atoms with Gasteiger partial charge in [-0.3, -0.25) is 19.2 Å². The molecule has 4 rings (SSSR count). The number of nitrogens with zero attached hydrogens (tertiary/aromatic N) is 1. The Labute approximate surface area is 242 Å². The van der Waals surface area contributed by atoms with E-state index in [9.17, 15) is 19.2 Å². The summed E-state index contributed by atoms with van der Waals surface area (Å²) in [5.41, 5.74) is 0.848. The molecule has 2 aromatic rings. The fourth-order valence-corrected chi connectivity index (χ4v) is 5.25. The van der Waals surface area contributed by atoms with E-state index in [1.165, 1.54) is 0 Å². The van der Waals surface area contributed by atoms with Gasteiger partial charge in [0, 0.05) is 18.9 Å². The Bertz CT molecular complexity index is 1230. The van der Waals surface area contributed by atoms with Gasteiger partial charge < -0.3 is 25.0 Å². The number of ether oxygens (including phenoxy) is 2.